The van der Waals surface area contributed by atoms with Gasteiger partial charge in [-0.1, -0.05) is 12.1 Å². The van der Waals surface area contributed by atoms with Crippen LogP contribution < -0.4 is 10.1 Å². The fourth-order valence-corrected chi connectivity index (χ4v) is 4.86. The van der Waals surface area contributed by atoms with E-state index in [1.165, 1.54) is 0 Å². The normalized spacial score (nSPS) is 22.6. The number of halogens is 1. The molecule has 1 aliphatic heterocycles. The van der Waals surface area contributed by atoms with E-state index in [4.69, 9.17) is 19.3 Å². The average Bonchev–Trinajstić information content (AvgIpc) is 2.89. The van der Waals surface area contributed by atoms with Crippen molar-refractivity contribution in [3.8, 4) is 5.75 Å². The molecule has 2 aliphatic rings. The van der Waals surface area contributed by atoms with Crippen LogP contribution in [0.4, 0.5) is 0 Å². The van der Waals surface area contributed by atoms with Gasteiger partial charge in [0.25, 0.3) is 0 Å². The van der Waals surface area contributed by atoms with Gasteiger partial charge in [-0.25, -0.2) is 0 Å². The number of aliphatic hydroxyl groups is 2. The number of hydrogen-bond donors (Lipinski definition) is 3. The molecule has 11 heteroatoms. The Hall–Kier alpha value is -1.77. The SMILES string of the molecule is COCCC(=O)N(CCN1CCOCC1)[C@@H]1CC(C(=O)NCCO)=C[C@H](Oc2ccccc2I)[C@H]1O. The molecule has 200 valence electrons. The zero-order valence-electron chi connectivity index (χ0n) is 20.6. The van der Waals surface area contributed by atoms with Crippen LogP contribution in [-0.4, -0.2) is 116 Å². The molecule has 1 saturated heterocycles. The van der Waals surface area contributed by atoms with Gasteiger partial charge in [0, 0.05) is 51.8 Å². The quantitative estimate of drug-likeness (QED) is 0.289. The lowest BCUT2D eigenvalue weighted by molar-refractivity contribution is -0.140. The fraction of sp³-hybridized carbons (Fsp3) is 0.600. The Labute approximate surface area is 225 Å². The highest BCUT2D eigenvalue weighted by Crippen LogP contribution is 2.30. The highest BCUT2D eigenvalue weighted by atomic mass is 127. The summed E-state index contributed by atoms with van der Waals surface area (Å²) >= 11 is 2.15. The summed E-state index contributed by atoms with van der Waals surface area (Å²) in [6.07, 6.45) is 0.0749. The molecule has 3 rings (SSSR count). The Balaban J connectivity index is 1.86. The first kappa shape index (κ1) is 28.8. The number of nitrogens with one attached hydrogen (secondary N) is 1. The van der Waals surface area contributed by atoms with E-state index in [-0.39, 0.29) is 44.4 Å². The van der Waals surface area contributed by atoms with Gasteiger partial charge in [-0.3, -0.25) is 14.5 Å². The molecule has 0 bridgehead atoms. The van der Waals surface area contributed by atoms with Crippen molar-refractivity contribution in [1.29, 1.82) is 0 Å². The molecule has 3 N–H and O–H groups in total. The summed E-state index contributed by atoms with van der Waals surface area (Å²) in [4.78, 5) is 30.0. The minimum atomic E-state index is -1.05. The monoisotopic (exact) mass is 617 g/mol. The van der Waals surface area contributed by atoms with Crippen LogP contribution in [0.25, 0.3) is 0 Å². The van der Waals surface area contributed by atoms with Crippen LogP contribution in [-0.2, 0) is 19.1 Å². The van der Waals surface area contributed by atoms with Gasteiger partial charge in [0.2, 0.25) is 11.8 Å². The van der Waals surface area contributed by atoms with Crippen LogP contribution in [0.15, 0.2) is 35.9 Å². The lowest BCUT2D eigenvalue weighted by Crippen LogP contribution is -2.56. The molecular formula is C25H36IN3O7. The van der Waals surface area contributed by atoms with Crippen LogP contribution in [0.5, 0.6) is 5.75 Å². The highest BCUT2D eigenvalue weighted by molar-refractivity contribution is 14.1. The number of benzene rings is 1. The first-order chi connectivity index (χ1) is 17.4. The number of carbonyl (C=O) groups is 2. The Bertz CT molecular complexity index is 894. The van der Waals surface area contributed by atoms with Crippen LogP contribution >= 0.6 is 22.6 Å². The summed E-state index contributed by atoms with van der Waals surface area (Å²) < 4.78 is 17.6. The topological polar surface area (TPSA) is 121 Å². The molecule has 36 heavy (non-hydrogen) atoms. The summed E-state index contributed by atoms with van der Waals surface area (Å²) in [6.45, 7) is 4.06. The molecule has 1 fully saturated rings. The zero-order valence-corrected chi connectivity index (χ0v) is 22.8. The van der Waals surface area contributed by atoms with E-state index >= 15 is 0 Å². The molecule has 1 aliphatic carbocycles. The largest absolute Gasteiger partial charge is 0.482 e. The number of methoxy groups -OCH3 is 1. The van der Waals surface area contributed by atoms with Crippen molar-refractivity contribution in [3.63, 3.8) is 0 Å². The van der Waals surface area contributed by atoms with Crippen LogP contribution in [0.3, 0.4) is 0 Å². The molecule has 0 saturated carbocycles. The molecule has 1 aromatic carbocycles. The smallest absolute Gasteiger partial charge is 0.247 e. The molecule has 1 aromatic rings. The van der Waals surface area contributed by atoms with E-state index < -0.39 is 18.2 Å². The number of rotatable bonds is 12. The van der Waals surface area contributed by atoms with E-state index in [9.17, 15) is 14.7 Å². The summed E-state index contributed by atoms with van der Waals surface area (Å²) in [5, 5.41) is 23.3. The van der Waals surface area contributed by atoms with E-state index in [2.05, 4.69) is 32.8 Å². The maximum atomic E-state index is 13.3. The van der Waals surface area contributed by atoms with Gasteiger partial charge in [0.1, 0.15) is 18.0 Å². The number of aliphatic hydroxyl groups excluding tert-OH is 2. The second-order valence-electron chi connectivity index (χ2n) is 8.73. The number of carbonyl (C=O) groups excluding carboxylic acids is 2. The summed E-state index contributed by atoms with van der Waals surface area (Å²) in [5.74, 6) is 0.0775. The molecule has 1 heterocycles. The molecule has 0 spiro atoms. The molecule has 0 aromatic heterocycles. The third-order valence-electron chi connectivity index (χ3n) is 6.32. The lowest BCUT2D eigenvalue weighted by Gasteiger charge is -2.41. The third kappa shape index (κ3) is 8.12. The third-order valence-corrected chi connectivity index (χ3v) is 7.21. The molecule has 0 unspecified atom stereocenters. The number of morpholine rings is 1. The van der Waals surface area contributed by atoms with Gasteiger partial charge < -0.3 is 34.6 Å². The number of nitrogens with zero attached hydrogens (tertiary/aromatic N) is 2. The van der Waals surface area contributed by atoms with Crippen LogP contribution in [0.1, 0.15) is 12.8 Å². The fourth-order valence-electron chi connectivity index (χ4n) is 4.35. The van der Waals surface area contributed by atoms with Crippen molar-refractivity contribution >= 4 is 34.4 Å². The van der Waals surface area contributed by atoms with Gasteiger partial charge in [-0.15, -0.1) is 0 Å². The van der Waals surface area contributed by atoms with Crippen molar-refractivity contribution in [2.75, 3.05) is 66.3 Å². The average molecular weight is 617 g/mol. The molecule has 10 nitrogen and oxygen atoms in total. The van der Waals surface area contributed by atoms with Crippen molar-refractivity contribution in [2.45, 2.75) is 31.1 Å². The van der Waals surface area contributed by atoms with Gasteiger partial charge in [-0.05, 0) is 40.8 Å². The minimum absolute atomic E-state index is 0.110. The van der Waals surface area contributed by atoms with Crippen LogP contribution in [0.2, 0.25) is 0 Å². The predicted molar refractivity (Wildman–Crippen MR) is 142 cm³/mol. The molecule has 2 amide bonds. The molecular weight excluding hydrogens is 581 g/mol. The van der Waals surface area contributed by atoms with Crippen LogP contribution in [0, 0.1) is 3.57 Å². The maximum Gasteiger partial charge on any atom is 0.247 e. The van der Waals surface area contributed by atoms with E-state index in [0.29, 0.717) is 37.6 Å². The summed E-state index contributed by atoms with van der Waals surface area (Å²) in [5.41, 5.74) is 0.408. The van der Waals surface area contributed by atoms with Gasteiger partial charge in [0.05, 0.1) is 42.5 Å². The van der Waals surface area contributed by atoms with Crippen molar-refractivity contribution in [1.82, 2.24) is 15.1 Å². The first-order valence-electron chi connectivity index (χ1n) is 12.2. The van der Waals surface area contributed by atoms with E-state index in [1.807, 2.05) is 18.2 Å². The standard InChI is InChI=1S/C25H36IN3O7/c1-34-13-6-23(31)29(9-8-28-10-14-35-15-11-28)20-16-18(25(33)27-7-12-30)17-22(24(20)32)36-21-5-3-2-4-19(21)26/h2-5,17,20,22,24,30,32H,6-16H2,1H3,(H,27,33)/t20-,22+,24+/m1/s1. The second-order valence-corrected chi connectivity index (χ2v) is 9.89. The molecule has 0 radical (unpaired) electrons. The Morgan fingerprint density at radius 3 is 2.72 bits per heavy atom. The molecule has 3 atom stereocenters. The predicted octanol–water partition coefficient (Wildman–Crippen LogP) is 0.404. The van der Waals surface area contributed by atoms with Crippen molar-refractivity contribution in [2.24, 2.45) is 0 Å². The Morgan fingerprint density at radius 2 is 2.03 bits per heavy atom. The van der Waals surface area contributed by atoms with Crippen molar-refractivity contribution in [3.05, 3.63) is 39.5 Å². The number of para-hydroxylation sites is 1. The minimum Gasteiger partial charge on any atom is -0.482 e. The second kappa shape index (κ2) is 14.8. The van der Waals surface area contributed by atoms with Crippen molar-refractivity contribution < 1.29 is 34.0 Å². The summed E-state index contributed by atoms with van der Waals surface area (Å²) in [6, 6.07) is 6.76. The van der Waals surface area contributed by atoms with Gasteiger partial charge in [-0.2, -0.15) is 0 Å². The lowest BCUT2D eigenvalue weighted by atomic mass is 9.88. The van der Waals surface area contributed by atoms with E-state index in [1.54, 1.807) is 24.2 Å². The Morgan fingerprint density at radius 1 is 1.28 bits per heavy atom. The zero-order chi connectivity index (χ0) is 25.9. The number of amides is 2. The Kier molecular flexibility index (Phi) is 11.9. The number of ether oxygens (including phenoxy) is 3. The van der Waals surface area contributed by atoms with E-state index in [0.717, 1.165) is 16.7 Å². The number of hydrogen-bond acceptors (Lipinski definition) is 8. The van der Waals surface area contributed by atoms with Gasteiger partial charge >= 0.3 is 0 Å². The maximum absolute atomic E-state index is 13.3. The summed E-state index contributed by atoms with van der Waals surface area (Å²) in [7, 11) is 1.54. The van der Waals surface area contributed by atoms with Gasteiger partial charge in [0.15, 0.2) is 0 Å². The first-order valence-corrected chi connectivity index (χ1v) is 13.3. The highest BCUT2D eigenvalue weighted by Gasteiger charge is 2.40.